The monoisotopic (exact) mass is 373 g/mol. The van der Waals surface area contributed by atoms with Gasteiger partial charge in [-0.25, -0.2) is 4.98 Å². The zero-order valence-corrected chi connectivity index (χ0v) is 15.0. The van der Waals surface area contributed by atoms with Crippen LogP contribution in [0.2, 0.25) is 5.02 Å². The topological polar surface area (TPSA) is 45.2 Å². The summed E-state index contributed by atoms with van der Waals surface area (Å²) < 4.78 is 0.909. The lowest BCUT2D eigenvalue weighted by Crippen LogP contribution is -2.48. The summed E-state index contributed by atoms with van der Waals surface area (Å²) in [5.41, 5.74) is -0.335. The fraction of sp³-hybridized carbons (Fsp3) is 0.600. The Morgan fingerprint density at radius 2 is 2.05 bits per heavy atom. The fourth-order valence-corrected chi connectivity index (χ4v) is 3.17. The van der Waals surface area contributed by atoms with Crippen LogP contribution in [0.4, 0.5) is 5.82 Å². The van der Waals surface area contributed by atoms with Gasteiger partial charge in [0.15, 0.2) is 0 Å². The minimum Gasteiger partial charge on any atom is -0.356 e. The molecule has 1 saturated heterocycles. The Morgan fingerprint density at radius 1 is 1.43 bits per heavy atom. The van der Waals surface area contributed by atoms with Gasteiger partial charge in [0.2, 0.25) is 5.91 Å². The average Bonchev–Trinajstić information content (AvgIpc) is 2.39. The van der Waals surface area contributed by atoms with Gasteiger partial charge in [0.25, 0.3) is 0 Å². The number of amides is 1. The van der Waals surface area contributed by atoms with Crippen molar-refractivity contribution in [3.05, 3.63) is 21.8 Å². The lowest BCUT2D eigenvalue weighted by atomic mass is 9.94. The predicted molar refractivity (Wildman–Crippen MR) is 89.8 cm³/mol. The Morgan fingerprint density at radius 3 is 2.57 bits per heavy atom. The van der Waals surface area contributed by atoms with Crippen LogP contribution in [0, 0.1) is 5.41 Å². The highest BCUT2D eigenvalue weighted by atomic mass is 79.9. The van der Waals surface area contributed by atoms with Gasteiger partial charge in [-0.3, -0.25) is 4.79 Å². The Kier molecular flexibility index (Phi) is 5.15. The van der Waals surface area contributed by atoms with Gasteiger partial charge in [0.1, 0.15) is 5.82 Å². The van der Waals surface area contributed by atoms with Crippen LogP contribution in [0.3, 0.4) is 0 Å². The molecule has 1 fully saturated rings. The first-order valence-corrected chi connectivity index (χ1v) is 8.31. The molecule has 0 spiro atoms. The highest BCUT2D eigenvalue weighted by Crippen LogP contribution is 2.28. The number of piperidine rings is 1. The van der Waals surface area contributed by atoms with Crippen molar-refractivity contribution in [3.8, 4) is 0 Å². The molecule has 0 bridgehead atoms. The van der Waals surface area contributed by atoms with Crippen molar-refractivity contribution in [2.24, 2.45) is 5.41 Å². The van der Waals surface area contributed by atoms with Crippen LogP contribution in [-0.4, -0.2) is 30.0 Å². The standard InChI is InChI=1S/C15H21BrClN3O/c1-15(2,3)14(21)19-11-4-6-20(7-5-11)13-12(16)8-10(17)9-18-13/h8-9,11H,4-7H2,1-3H3,(H,19,21). The molecular weight excluding hydrogens is 354 g/mol. The molecule has 1 amide bonds. The molecule has 116 valence electrons. The molecule has 0 aromatic carbocycles. The normalized spacial score (nSPS) is 16.9. The predicted octanol–water partition coefficient (Wildman–Crippen LogP) is 3.63. The zero-order chi connectivity index (χ0) is 15.6. The van der Waals surface area contributed by atoms with Crippen LogP contribution in [0.5, 0.6) is 0 Å². The van der Waals surface area contributed by atoms with E-state index in [-0.39, 0.29) is 17.4 Å². The van der Waals surface area contributed by atoms with Gasteiger partial charge >= 0.3 is 0 Å². The smallest absolute Gasteiger partial charge is 0.225 e. The summed E-state index contributed by atoms with van der Waals surface area (Å²) in [6.07, 6.45) is 3.52. The van der Waals surface area contributed by atoms with Crippen molar-refractivity contribution in [3.63, 3.8) is 0 Å². The second kappa shape index (κ2) is 6.53. The summed E-state index contributed by atoms with van der Waals surface area (Å²) in [7, 11) is 0. The molecule has 0 saturated carbocycles. The third-order valence-electron chi connectivity index (χ3n) is 3.60. The molecule has 1 aliphatic rings. The van der Waals surface area contributed by atoms with E-state index in [9.17, 15) is 4.79 Å². The molecule has 2 heterocycles. The lowest BCUT2D eigenvalue weighted by molar-refractivity contribution is -0.129. The first-order chi connectivity index (χ1) is 9.77. The van der Waals surface area contributed by atoms with Crippen LogP contribution in [0.15, 0.2) is 16.7 Å². The number of hydrogen-bond acceptors (Lipinski definition) is 3. The molecule has 0 aliphatic carbocycles. The van der Waals surface area contributed by atoms with Crippen LogP contribution in [0.1, 0.15) is 33.6 Å². The summed E-state index contributed by atoms with van der Waals surface area (Å²) in [6, 6.07) is 2.11. The van der Waals surface area contributed by atoms with Gasteiger partial charge in [-0.2, -0.15) is 0 Å². The molecule has 0 unspecified atom stereocenters. The molecule has 1 N–H and O–H groups in total. The number of pyridine rings is 1. The van der Waals surface area contributed by atoms with Crippen LogP contribution in [0.25, 0.3) is 0 Å². The number of halogens is 2. The van der Waals surface area contributed by atoms with Gasteiger partial charge < -0.3 is 10.2 Å². The molecule has 0 radical (unpaired) electrons. The maximum atomic E-state index is 12.0. The minimum atomic E-state index is -0.335. The average molecular weight is 375 g/mol. The van der Waals surface area contributed by atoms with Gasteiger partial charge in [-0.05, 0) is 34.8 Å². The largest absolute Gasteiger partial charge is 0.356 e. The molecule has 1 aliphatic heterocycles. The molecule has 21 heavy (non-hydrogen) atoms. The van der Waals surface area contributed by atoms with Crippen molar-refractivity contribution in [2.45, 2.75) is 39.7 Å². The molecule has 0 atom stereocenters. The van der Waals surface area contributed by atoms with Gasteiger partial charge in [-0.1, -0.05) is 32.4 Å². The van der Waals surface area contributed by atoms with E-state index in [0.29, 0.717) is 5.02 Å². The maximum Gasteiger partial charge on any atom is 0.225 e. The van der Waals surface area contributed by atoms with E-state index < -0.39 is 0 Å². The summed E-state index contributed by atoms with van der Waals surface area (Å²) >= 11 is 9.43. The molecule has 2 rings (SSSR count). The van der Waals surface area contributed by atoms with Crippen molar-refractivity contribution in [1.82, 2.24) is 10.3 Å². The maximum absolute atomic E-state index is 12.0. The van der Waals surface area contributed by atoms with E-state index in [4.69, 9.17) is 11.6 Å². The first-order valence-electron chi connectivity index (χ1n) is 7.14. The molecule has 4 nitrogen and oxygen atoms in total. The van der Waals surface area contributed by atoms with Gasteiger partial charge in [-0.15, -0.1) is 0 Å². The number of aromatic nitrogens is 1. The first kappa shape index (κ1) is 16.6. The number of nitrogens with one attached hydrogen (secondary N) is 1. The highest BCUT2D eigenvalue weighted by Gasteiger charge is 2.27. The fourth-order valence-electron chi connectivity index (χ4n) is 2.28. The molecule has 1 aromatic rings. The van der Waals surface area contributed by atoms with Crippen LogP contribution in [-0.2, 0) is 4.79 Å². The Bertz CT molecular complexity index is 522. The summed E-state index contributed by atoms with van der Waals surface area (Å²) in [4.78, 5) is 18.6. The minimum absolute atomic E-state index is 0.117. The van der Waals surface area contributed by atoms with Crippen LogP contribution >= 0.6 is 27.5 Å². The van der Waals surface area contributed by atoms with Crippen LogP contribution < -0.4 is 10.2 Å². The number of carbonyl (C=O) groups excluding carboxylic acids is 1. The summed E-state index contributed by atoms with van der Waals surface area (Å²) in [6.45, 7) is 7.56. The number of anilines is 1. The summed E-state index contributed by atoms with van der Waals surface area (Å²) in [5.74, 6) is 1.03. The number of nitrogens with zero attached hydrogens (tertiary/aromatic N) is 2. The van der Waals surface area contributed by atoms with Gasteiger partial charge in [0, 0.05) is 30.7 Å². The number of carbonyl (C=O) groups is 1. The van der Waals surface area contributed by atoms with Crippen molar-refractivity contribution < 1.29 is 4.79 Å². The zero-order valence-electron chi connectivity index (χ0n) is 12.6. The Hall–Kier alpha value is -0.810. The molecular formula is C15H21BrClN3O. The van der Waals surface area contributed by atoms with Crippen molar-refractivity contribution in [2.75, 3.05) is 18.0 Å². The second-order valence-corrected chi connectivity index (χ2v) is 7.73. The third-order valence-corrected chi connectivity index (χ3v) is 4.39. The van der Waals surface area contributed by atoms with Crippen molar-refractivity contribution in [1.29, 1.82) is 0 Å². The van der Waals surface area contributed by atoms with E-state index >= 15 is 0 Å². The van der Waals surface area contributed by atoms with E-state index in [2.05, 4.69) is 31.1 Å². The van der Waals surface area contributed by atoms with E-state index in [1.54, 1.807) is 6.20 Å². The van der Waals surface area contributed by atoms with Gasteiger partial charge in [0.05, 0.1) is 9.50 Å². The Labute approximate surface area is 139 Å². The van der Waals surface area contributed by atoms with E-state index in [1.165, 1.54) is 0 Å². The SMILES string of the molecule is CC(C)(C)C(=O)NC1CCN(c2ncc(Cl)cc2Br)CC1. The van der Waals surface area contributed by atoms with E-state index in [0.717, 1.165) is 36.2 Å². The molecule has 6 heteroatoms. The third kappa shape index (κ3) is 4.33. The second-order valence-electron chi connectivity index (χ2n) is 6.44. The molecule has 1 aromatic heterocycles. The quantitative estimate of drug-likeness (QED) is 0.860. The Balaban J connectivity index is 1.93. The van der Waals surface area contributed by atoms with E-state index in [1.807, 2.05) is 26.8 Å². The summed E-state index contributed by atoms with van der Waals surface area (Å²) in [5, 5.41) is 3.76. The lowest BCUT2D eigenvalue weighted by Gasteiger charge is -2.34. The van der Waals surface area contributed by atoms with Crippen molar-refractivity contribution >= 4 is 39.3 Å². The number of rotatable bonds is 2. The number of hydrogen-bond donors (Lipinski definition) is 1. The highest BCUT2D eigenvalue weighted by molar-refractivity contribution is 9.10.